The first kappa shape index (κ1) is 19.5. The summed E-state index contributed by atoms with van der Waals surface area (Å²) in [6.45, 7) is 2.35. The number of halogens is 1. The first-order valence-corrected chi connectivity index (χ1v) is 9.08. The molecule has 1 heterocycles. The summed E-state index contributed by atoms with van der Waals surface area (Å²) in [6, 6.07) is 11.8. The molecule has 0 atom stereocenters. The van der Waals surface area contributed by atoms with Crippen molar-refractivity contribution in [1.29, 1.82) is 0 Å². The van der Waals surface area contributed by atoms with E-state index in [0.29, 0.717) is 24.2 Å². The Bertz CT molecular complexity index is 913. The van der Waals surface area contributed by atoms with E-state index in [1.165, 1.54) is 12.1 Å². The molecule has 0 aliphatic rings. The number of methoxy groups -OCH3 is 1. The lowest BCUT2D eigenvalue weighted by atomic mass is 10.1. The second kappa shape index (κ2) is 9.07. The summed E-state index contributed by atoms with van der Waals surface area (Å²) >= 11 is 0. The molecular formula is C20H22FN5O2. The number of hydrogen-bond donors (Lipinski definition) is 1. The molecule has 2 aromatic carbocycles. The number of hydrogen-bond acceptors (Lipinski definition) is 5. The molecular weight excluding hydrogens is 361 g/mol. The molecule has 3 aromatic rings. The van der Waals surface area contributed by atoms with Crippen molar-refractivity contribution in [2.75, 3.05) is 12.0 Å². The second-order valence-corrected chi connectivity index (χ2v) is 6.37. The lowest BCUT2D eigenvalue weighted by Crippen LogP contribution is -2.30. The Hall–Kier alpha value is -3.29. The van der Waals surface area contributed by atoms with E-state index in [9.17, 15) is 9.18 Å². The molecule has 0 saturated heterocycles. The van der Waals surface area contributed by atoms with E-state index in [2.05, 4.69) is 20.6 Å². The van der Waals surface area contributed by atoms with E-state index in [1.807, 2.05) is 31.2 Å². The average Bonchev–Trinajstić information content (AvgIpc) is 3.25. The third-order valence-corrected chi connectivity index (χ3v) is 4.34. The fourth-order valence-corrected chi connectivity index (χ4v) is 2.84. The number of carbonyl (C=O) groups is 1. The van der Waals surface area contributed by atoms with Crippen molar-refractivity contribution in [3.8, 4) is 17.1 Å². The summed E-state index contributed by atoms with van der Waals surface area (Å²) in [5.41, 5.74) is 1.82. The topological polar surface area (TPSA) is 84.0 Å². The summed E-state index contributed by atoms with van der Waals surface area (Å²) in [7, 11) is 1.60. The predicted octanol–water partition coefficient (Wildman–Crippen LogP) is 3.74. The first-order valence-electron chi connectivity index (χ1n) is 9.08. The van der Waals surface area contributed by atoms with Crippen molar-refractivity contribution in [2.24, 2.45) is 0 Å². The van der Waals surface area contributed by atoms with Gasteiger partial charge in [0, 0.05) is 17.7 Å². The molecule has 0 radical (unpaired) electrons. The van der Waals surface area contributed by atoms with Crippen LogP contribution in [0.4, 0.5) is 10.1 Å². The minimum atomic E-state index is -0.472. The van der Waals surface area contributed by atoms with Crippen molar-refractivity contribution in [3.05, 3.63) is 53.8 Å². The van der Waals surface area contributed by atoms with E-state index in [-0.39, 0.29) is 11.7 Å². The van der Waals surface area contributed by atoms with Crippen LogP contribution in [0.1, 0.15) is 31.7 Å². The number of aromatic nitrogens is 4. The molecule has 0 unspecified atom stereocenters. The predicted molar refractivity (Wildman–Crippen MR) is 103 cm³/mol. The van der Waals surface area contributed by atoms with Gasteiger partial charge >= 0.3 is 0 Å². The molecule has 0 aliphatic carbocycles. The summed E-state index contributed by atoms with van der Waals surface area (Å²) in [5.74, 6) is 0.464. The van der Waals surface area contributed by atoms with Crippen LogP contribution in [0.3, 0.4) is 0 Å². The molecule has 8 heteroatoms. The van der Waals surface area contributed by atoms with Gasteiger partial charge in [-0.15, -0.1) is 10.2 Å². The fraction of sp³-hybridized carbons (Fsp3) is 0.300. The third-order valence-electron chi connectivity index (χ3n) is 4.34. The number of H-pyrrole nitrogens is 1. The van der Waals surface area contributed by atoms with Crippen LogP contribution in [0, 0.1) is 5.82 Å². The van der Waals surface area contributed by atoms with Gasteiger partial charge in [-0.05, 0) is 47.5 Å². The van der Waals surface area contributed by atoms with Crippen LogP contribution in [0.25, 0.3) is 11.4 Å². The van der Waals surface area contributed by atoms with Crippen molar-refractivity contribution in [2.45, 2.75) is 32.7 Å². The van der Waals surface area contributed by atoms with E-state index < -0.39 is 5.82 Å². The zero-order valence-electron chi connectivity index (χ0n) is 15.9. The number of carbonyl (C=O) groups excluding carboxylic acids is 1. The van der Waals surface area contributed by atoms with Gasteiger partial charge in [0.1, 0.15) is 11.6 Å². The van der Waals surface area contributed by atoms with Crippen molar-refractivity contribution in [1.82, 2.24) is 20.6 Å². The highest BCUT2D eigenvalue weighted by Crippen LogP contribution is 2.26. The standard InChI is InChI=1S/C20H22FN5O2/c1-3-4-5-19(27)26(13-14-6-8-18(28-2)9-7-14)17-11-15(10-16(21)12-17)20-22-24-25-23-20/h6-12H,3-5,13H2,1-2H3,(H,22,23,24,25). The Balaban J connectivity index is 1.94. The molecule has 146 valence electrons. The van der Waals surface area contributed by atoms with Crippen LogP contribution in [0.15, 0.2) is 42.5 Å². The average molecular weight is 383 g/mol. The minimum Gasteiger partial charge on any atom is -0.497 e. The highest BCUT2D eigenvalue weighted by Gasteiger charge is 2.18. The Morgan fingerprint density at radius 1 is 1.21 bits per heavy atom. The van der Waals surface area contributed by atoms with Crippen LogP contribution < -0.4 is 9.64 Å². The maximum atomic E-state index is 14.3. The van der Waals surface area contributed by atoms with Crippen molar-refractivity contribution in [3.63, 3.8) is 0 Å². The van der Waals surface area contributed by atoms with Crippen molar-refractivity contribution < 1.29 is 13.9 Å². The highest BCUT2D eigenvalue weighted by atomic mass is 19.1. The number of nitrogens with zero attached hydrogens (tertiary/aromatic N) is 4. The van der Waals surface area contributed by atoms with Gasteiger partial charge in [0.05, 0.1) is 13.7 Å². The Morgan fingerprint density at radius 3 is 2.64 bits per heavy atom. The zero-order valence-corrected chi connectivity index (χ0v) is 15.9. The first-order chi connectivity index (χ1) is 13.6. The highest BCUT2D eigenvalue weighted by molar-refractivity contribution is 5.93. The Kier molecular flexibility index (Phi) is 6.31. The largest absolute Gasteiger partial charge is 0.497 e. The van der Waals surface area contributed by atoms with Crippen LogP contribution in [0.5, 0.6) is 5.75 Å². The van der Waals surface area contributed by atoms with E-state index in [4.69, 9.17) is 4.74 Å². The number of unbranched alkanes of at least 4 members (excludes halogenated alkanes) is 1. The lowest BCUT2D eigenvalue weighted by molar-refractivity contribution is -0.118. The molecule has 0 bridgehead atoms. The third kappa shape index (κ3) is 4.70. The lowest BCUT2D eigenvalue weighted by Gasteiger charge is -2.24. The van der Waals surface area contributed by atoms with Gasteiger partial charge in [-0.25, -0.2) is 4.39 Å². The molecule has 1 N–H and O–H groups in total. The van der Waals surface area contributed by atoms with Crippen molar-refractivity contribution >= 4 is 11.6 Å². The monoisotopic (exact) mass is 383 g/mol. The molecule has 28 heavy (non-hydrogen) atoms. The van der Waals surface area contributed by atoms with Gasteiger partial charge in [-0.1, -0.05) is 25.5 Å². The van der Waals surface area contributed by atoms with Crippen LogP contribution in [0.2, 0.25) is 0 Å². The molecule has 7 nitrogen and oxygen atoms in total. The number of anilines is 1. The van der Waals surface area contributed by atoms with Crippen LogP contribution in [-0.4, -0.2) is 33.6 Å². The number of tetrazole rings is 1. The van der Waals surface area contributed by atoms with Gasteiger partial charge in [0.2, 0.25) is 11.7 Å². The summed E-state index contributed by atoms with van der Waals surface area (Å²) in [4.78, 5) is 14.5. The van der Waals surface area contributed by atoms with Gasteiger partial charge in [-0.3, -0.25) is 4.79 Å². The molecule has 0 aliphatic heterocycles. The number of nitrogens with one attached hydrogen (secondary N) is 1. The number of aromatic amines is 1. The normalized spacial score (nSPS) is 10.7. The van der Waals surface area contributed by atoms with Gasteiger partial charge in [-0.2, -0.15) is 5.21 Å². The Morgan fingerprint density at radius 2 is 2.00 bits per heavy atom. The number of amides is 1. The molecule has 1 aromatic heterocycles. The summed E-state index contributed by atoms with van der Waals surface area (Å²) < 4.78 is 19.5. The number of ether oxygens (including phenoxy) is 1. The number of benzene rings is 2. The minimum absolute atomic E-state index is 0.0673. The Labute approximate surface area is 162 Å². The van der Waals surface area contributed by atoms with E-state index in [0.717, 1.165) is 24.2 Å². The number of rotatable bonds is 8. The van der Waals surface area contributed by atoms with Crippen LogP contribution >= 0.6 is 0 Å². The van der Waals surface area contributed by atoms with Gasteiger partial charge in [0.25, 0.3) is 0 Å². The molecule has 3 rings (SSSR count). The maximum absolute atomic E-state index is 14.3. The van der Waals surface area contributed by atoms with Gasteiger partial charge < -0.3 is 9.64 Å². The quantitative estimate of drug-likeness (QED) is 0.641. The van der Waals surface area contributed by atoms with E-state index in [1.54, 1.807) is 18.1 Å². The SMILES string of the molecule is CCCCC(=O)N(Cc1ccc(OC)cc1)c1cc(F)cc(-c2nn[nH]n2)c1. The summed E-state index contributed by atoms with van der Waals surface area (Å²) in [5, 5.41) is 13.7. The maximum Gasteiger partial charge on any atom is 0.227 e. The molecule has 0 spiro atoms. The summed E-state index contributed by atoms with van der Waals surface area (Å²) in [6.07, 6.45) is 2.06. The fourth-order valence-electron chi connectivity index (χ4n) is 2.84. The van der Waals surface area contributed by atoms with Gasteiger partial charge in [0.15, 0.2) is 0 Å². The molecule has 1 amide bonds. The smallest absolute Gasteiger partial charge is 0.227 e. The van der Waals surface area contributed by atoms with E-state index >= 15 is 0 Å². The van der Waals surface area contributed by atoms with Crippen LogP contribution in [-0.2, 0) is 11.3 Å². The molecule has 0 saturated carbocycles. The zero-order chi connectivity index (χ0) is 19.9. The molecule has 0 fully saturated rings. The second-order valence-electron chi connectivity index (χ2n) is 6.37.